The Morgan fingerprint density at radius 3 is 2.79 bits per heavy atom. The molecule has 2 atom stereocenters. The van der Waals surface area contributed by atoms with Crippen molar-refractivity contribution in [2.45, 2.75) is 19.1 Å². The molecule has 0 radical (unpaired) electrons. The molecule has 1 aromatic rings. The zero-order valence-corrected chi connectivity index (χ0v) is 11.3. The van der Waals surface area contributed by atoms with Gasteiger partial charge in [-0.1, -0.05) is 11.6 Å². The molecular weight excluding hydrogens is 273 g/mol. The van der Waals surface area contributed by atoms with Crippen LogP contribution >= 0.6 is 11.6 Å². The number of hydrogen-bond donors (Lipinski definition) is 3. The molecule has 106 valence electrons. The second-order valence-corrected chi connectivity index (χ2v) is 5.07. The first-order chi connectivity index (χ1) is 8.93. The zero-order chi connectivity index (χ0) is 14.2. The number of rotatable bonds is 2. The lowest BCUT2D eigenvalue weighted by molar-refractivity contribution is -0.0422. The maximum Gasteiger partial charge on any atom is 0.169 e. The van der Waals surface area contributed by atoms with Crippen LogP contribution in [-0.4, -0.2) is 37.0 Å². The van der Waals surface area contributed by atoms with Crippen LogP contribution in [0.4, 0.5) is 21.5 Å². The highest BCUT2D eigenvalue weighted by Crippen LogP contribution is 2.37. The van der Waals surface area contributed by atoms with Gasteiger partial charge in [-0.3, -0.25) is 0 Å². The van der Waals surface area contributed by atoms with E-state index in [1.54, 1.807) is 4.90 Å². The quantitative estimate of drug-likeness (QED) is 0.713. The lowest BCUT2D eigenvalue weighted by Crippen LogP contribution is -2.48. The van der Waals surface area contributed by atoms with E-state index in [1.807, 2.05) is 6.92 Å². The van der Waals surface area contributed by atoms with Crippen LogP contribution in [0.3, 0.4) is 0 Å². The molecule has 0 aromatic heterocycles. The summed E-state index contributed by atoms with van der Waals surface area (Å²) in [5, 5.41) is 9.05. The van der Waals surface area contributed by atoms with E-state index in [0.29, 0.717) is 13.1 Å². The third-order valence-electron chi connectivity index (χ3n) is 3.08. The summed E-state index contributed by atoms with van der Waals surface area (Å²) in [7, 11) is 0. The Balaban J connectivity index is 2.38. The molecule has 0 aliphatic carbocycles. The van der Waals surface area contributed by atoms with E-state index in [9.17, 15) is 9.50 Å². The number of aliphatic hydroxyl groups excluding tert-OH is 1. The summed E-state index contributed by atoms with van der Waals surface area (Å²) in [6.45, 7) is 2.53. The first kappa shape index (κ1) is 14.2. The highest BCUT2D eigenvalue weighted by molar-refractivity contribution is 6.33. The molecule has 7 heteroatoms. The number of nitrogens with two attached hydrogens (primary N) is 2. The second kappa shape index (κ2) is 5.40. The fourth-order valence-electron chi connectivity index (χ4n) is 2.31. The topological polar surface area (TPSA) is 84.7 Å². The number of morpholine rings is 1. The molecule has 2 unspecified atom stereocenters. The van der Waals surface area contributed by atoms with Crippen LogP contribution in [0, 0.1) is 5.82 Å². The number of nitrogen functional groups attached to an aromatic ring is 2. The number of halogens is 2. The van der Waals surface area contributed by atoms with Crippen LogP contribution < -0.4 is 16.4 Å². The van der Waals surface area contributed by atoms with Crippen LogP contribution in [0.2, 0.25) is 5.02 Å². The largest absolute Gasteiger partial charge is 0.397 e. The van der Waals surface area contributed by atoms with E-state index >= 15 is 0 Å². The summed E-state index contributed by atoms with van der Waals surface area (Å²) in [5.41, 5.74) is 12.0. The Morgan fingerprint density at radius 1 is 1.47 bits per heavy atom. The molecule has 1 fully saturated rings. The van der Waals surface area contributed by atoms with Crippen molar-refractivity contribution in [1.29, 1.82) is 0 Å². The van der Waals surface area contributed by atoms with Crippen LogP contribution in [0.25, 0.3) is 0 Å². The normalized spacial score (nSPS) is 23.7. The molecular formula is C12H17ClFN3O2. The van der Waals surface area contributed by atoms with Gasteiger partial charge in [0.05, 0.1) is 35.9 Å². The summed E-state index contributed by atoms with van der Waals surface area (Å²) in [6, 6.07) is 1.44. The highest BCUT2D eigenvalue weighted by atomic mass is 35.5. The van der Waals surface area contributed by atoms with Gasteiger partial charge in [0, 0.05) is 13.1 Å². The van der Waals surface area contributed by atoms with Gasteiger partial charge in [0.25, 0.3) is 0 Å². The maximum absolute atomic E-state index is 14.2. The van der Waals surface area contributed by atoms with Crippen molar-refractivity contribution in [3.63, 3.8) is 0 Å². The Morgan fingerprint density at radius 2 is 2.16 bits per heavy atom. The van der Waals surface area contributed by atoms with Gasteiger partial charge in [-0.2, -0.15) is 0 Å². The molecule has 1 aliphatic rings. The minimum Gasteiger partial charge on any atom is -0.397 e. The standard InChI is InChI=1S/C12H17ClFN3O2/c1-6-3-17(4-7(5-18)19-6)12-9(16)2-8(15)10(13)11(12)14/h2,6-7,18H,3-5,15-16H2,1H3. The summed E-state index contributed by atoms with van der Waals surface area (Å²) in [6.07, 6.45) is -0.514. The van der Waals surface area contributed by atoms with Crippen molar-refractivity contribution in [3.05, 3.63) is 16.9 Å². The van der Waals surface area contributed by atoms with Gasteiger partial charge in [0.1, 0.15) is 5.02 Å². The molecule has 1 heterocycles. The third kappa shape index (κ3) is 2.70. The van der Waals surface area contributed by atoms with Crippen LogP contribution in [-0.2, 0) is 4.74 Å². The number of nitrogens with zero attached hydrogens (tertiary/aromatic N) is 1. The molecule has 1 aliphatic heterocycles. The molecule has 0 saturated carbocycles. The predicted molar refractivity (Wildman–Crippen MR) is 73.9 cm³/mol. The second-order valence-electron chi connectivity index (χ2n) is 4.69. The molecule has 19 heavy (non-hydrogen) atoms. The molecule has 0 amide bonds. The summed E-state index contributed by atoms with van der Waals surface area (Å²) in [5.74, 6) is -0.634. The monoisotopic (exact) mass is 289 g/mol. The van der Waals surface area contributed by atoms with Crippen LogP contribution in [0.5, 0.6) is 0 Å². The predicted octanol–water partition coefficient (Wildman–Crippen LogP) is 1.23. The van der Waals surface area contributed by atoms with Crippen LogP contribution in [0.15, 0.2) is 6.07 Å². The van der Waals surface area contributed by atoms with Gasteiger partial charge >= 0.3 is 0 Å². The van der Waals surface area contributed by atoms with Gasteiger partial charge < -0.3 is 26.2 Å². The van der Waals surface area contributed by atoms with Gasteiger partial charge in [0.2, 0.25) is 0 Å². The van der Waals surface area contributed by atoms with E-state index in [1.165, 1.54) is 6.07 Å². The Bertz CT molecular complexity index is 487. The molecule has 2 rings (SSSR count). The van der Waals surface area contributed by atoms with Crippen molar-refractivity contribution in [3.8, 4) is 0 Å². The molecule has 5 N–H and O–H groups in total. The number of ether oxygens (including phenoxy) is 1. The molecule has 1 saturated heterocycles. The summed E-state index contributed by atoms with van der Waals surface area (Å²) in [4.78, 5) is 1.73. The van der Waals surface area contributed by atoms with E-state index in [-0.39, 0.29) is 40.9 Å². The van der Waals surface area contributed by atoms with Crippen molar-refractivity contribution in [1.82, 2.24) is 0 Å². The van der Waals surface area contributed by atoms with Crippen LogP contribution in [0.1, 0.15) is 6.92 Å². The first-order valence-corrected chi connectivity index (χ1v) is 6.36. The number of hydrogen-bond acceptors (Lipinski definition) is 5. The fourth-order valence-corrected chi connectivity index (χ4v) is 2.45. The molecule has 5 nitrogen and oxygen atoms in total. The Kier molecular flexibility index (Phi) is 4.03. The minimum atomic E-state index is -0.634. The van der Waals surface area contributed by atoms with Gasteiger partial charge in [-0.25, -0.2) is 4.39 Å². The Labute approximate surface area is 115 Å². The average molecular weight is 290 g/mol. The van der Waals surface area contributed by atoms with E-state index in [0.717, 1.165) is 0 Å². The summed E-state index contributed by atoms with van der Waals surface area (Å²) >= 11 is 5.82. The maximum atomic E-state index is 14.2. The fraction of sp³-hybridized carbons (Fsp3) is 0.500. The SMILES string of the molecule is CC1CN(c2c(N)cc(N)c(Cl)c2F)CC(CO)O1. The van der Waals surface area contributed by atoms with E-state index in [2.05, 4.69) is 0 Å². The molecule has 0 bridgehead atoms. The van der Waals surface area contributed by atoms with Crippen molar-refractivity contribution in [2.75, 3.05) is 36.1 Å². The van der Waals surface area contributed by atoms with E-state index in [4.69, 9.17) is 27.8 Å². The number of aliphatic hydroxyl groups is 1. The lowest BCUT2D eigenvalue weighted by atomic mass is 10.1. The minimum absolute atomic E-state index is 0.112. The molecule has 0 spiro atoms. The third-order valence-corrected chi connectivity index (χ3v) is 3.47. The zero-order valence-electron chi connectivity index (χ0n) is 10.6. The summed E-state index contributed by atoms with van der Waals surface area (Å²) < 4.78 is 19.7. The highest BCUT2D eigenvalue weighted by Gasteiger charge is 2.29. The van der Waals surface area contributed by atoms with Gasteiger partial charge in [0.15, 0.2) is 5.82 Å². The number of anilines is 3. The van der Waals surface area contributed by atoms with E-state index < -0.39 is 5.82 Å². The average Bonchev–Trinajstić information content (AvgIpc) is 2.35. The van der Waals surface area contributed by atoms with Gasteiger partial charge in [-0.05, 0) is 13.0 Å². The lowest BCUT2D eigenvalue weighted by Gasteiger charge is -2.38. The number of benzene rings is 1. The smallest absolute Gasteiger partial charge is 0.169 e. The Hall–Kier alpha value is -1.24. The van der Waals surface area contributed by atoms with Crippen molar-refractivity contribution >= 4 is 28.7 Å². The van der Waals surface area contributed by atoms with Crippen molar-refractivity contribution < 1.29 is 14.2 Å². The first-order valence-electron chi connectivity index (χ1n) is 5.98. The van der Waals surface area contributed by atoms with Gasteiger partial charge in [-0.15, -0.1) is 0 Å². The molecule has 1 aromatic carbocycles. The van der Waals surface area contributed by atoms with Crippen molar-refractivity contribution in [2.24, 2.45) is 0 Å².